The maximum absolute atomic E-state index is 11.1. The molecule has 0 saturated heterocycles. The van der Waals surface area contributed by atoms with Crippen molar-refractivity contribution in [3.63, 3.8) is 0 Å². The molecule has 0 bridgehead atoms. The summed E-state index contributed by atoms with van der Waals surface area (Å²) >= 11 is 0. The molecule has 0 aromatic heterocycles. The fourth-order valence-corrected chi connectivity index (χ4v) is 1.06. The molecule has 3 N–H and O–H groups in total. The van der Waals surface area contributed by atoms with E-state index in [9.17, 15) is 9.59 Å². The first-order chi connectivity index (χ1) is 7.67. The Labute approximate surface area is 93.1 Å². The summed E-state index contributed by atoms with van der Waals surface area (Å²) in [5, 5.41) is 2.44. The molecule has 82 valence electrons. The van der Waals surface area contributed by atoms with E-state index >= 15 is 0 Å². The monoisotopic (exact) mass is 217 g/mol. The highest BCUT2D eigenvalue weighted by Crippen LogP contribution is 2.12. The van der Waals surface area contributed by atoms with E-state index in [2.05, 4.69) is 10.2 Å². The Balaban J connectivity index is 2.52. The summed E-state index contributed by atoms with van der Waals surface area (Å²) in [6.45, 7) is 6.73. The van der Waals surface area contributed by atoms with Crippen molar-refractivity contribution in [1.82, 2.24) is 5.32 Å². The van der Waals surface area contributed by atoms with Crippen LogP contribution in [0.2, 0.25) is 0 Å². The smallest absolute Gasteiger partial charge is 0.289 e. The number of Topliss-reactive ketones (excluding diaryl/α,β-unsaturated/α-hetero) is 1. The van der Waals surface area contributed by atoms with Gasteiger partial charge in [0, 0.05) is 6.54 Å². The third-order valence-corrected chi connectivity index (χ3v) is 1.96. The highest BCUT2D eigenvalue weighted by Gasteiger charge is 2.09. The van der Waals surface area contributed by atoms with Crippen molar-refractivity contribution < 1.29 is 9.59 Å². The van der Waals surface area contributed by atoms with Gasteiger partial charge >= 0.3 is 0 Å². The van der Waals surface area contributed by atoms with E-state index in [0.29, 0.717) is 5.69 Å². The number of carbonyl (C=O) groups excluding carboxylic acids is 2. The molecule has 5 heteroatoms. The van der Waals surface area contributed by atoms with Crippen LogP contribution in [0.3, 0.4) is 0 Å². The predicted octanol–water partition coefficient (Wildman–Crippen LogP) is 0.381. The summed E-state index contributed by atoms with van der Waals surface area (Å²) in [5.74, 6) is -1.32. The van der Waals surface area contributed by atoms with Gasteiger partial charge in [0.1, 0.15) is 0 Å². The number of hydrogen-bond acceptors (Lipinski definition) is 3. The van der Waals surface area contributed by atoms with E-state index in [-0.39, 0.29) is 13.1 Å². The van der Waals surface area contributed by atoms with Crippen molar-refractivity contribution in [3.05, 3.63) is 41.2 Å². The molecule has 0 aliphatic heterocycles. The molecule has 16 heavy (non-hydrogen) atoms. The molecule has 1 rings (SSSR count). The molecule has 0 aliphatic carbocycles. The lowest BCUT2D eigenvalue weighted by molar-refractivity contribution is -0.137. The molecule has 1 amide bonds. The molecule has 0 spiro atoms. The van der Waals surface area contributed by atoms with E-state index in [0.717, 1.165) is 5.56 Å². The van der Waals surface area contributed by atoms with Gasteiger partial charge in [-0.05, 0) is 5.56 Å². The summed E-state index contributed by atoms with van der Waals surface area (Å²) in [6.07, 6.45) is 0. The number of nitrogens with zero attached hydrogens (tertiary/aromatic N) is 1. The van der Waals surface area contributed by atoms with Crippen LogP contribution in [0.4, 0.5) is 5.69 Å². The van der Waals surface area contributed by atoms with Crippen molar-refractivity contribution in [2.24, 2.45) is 5.73 Å². The molecule has 0 unspecified atom stereocenters. The molecule has 0 radical (unpaired) electrons. The number of carbonyl (C=O) groups is 2. The normalized spacial score (nSPS) is 9.25. The van der Waals surface area contributed by atoms with Crippen LogP contribution < -0.4 is 11.1 Å². The van der Waals surface area contributed by atoms with E-state index in [4.69, 9.17) is 12.3 Å². The Bertz CT molecular complexity index is 432. The first-order valence-corrected chi connectivity index (χ1v) is 4.65. The SMILES string of the molecule is [C-]#[N+]c1ccc(CNC(=O)C(=O)CN)cc1. The van der Waals surface area contributed by atoms with Crippen LogP contribution in [0.15, 0.2) is 24.3 Å². The first-order valence-electron chi connectivity index (χ1n) is 4.65. The van der Waals surface area contributed by atoms with Crippen molar-refractivity contribution in [2.75, 3.05) is 6.54 Å². The summed E-state index contributed by atoms with van der Waals surface area (Å²) < 4.78 is 0. The van der Waals surface area contributed by atoms with Gasteiger partial charge in [0.2, 0.25) is 5.78 Å². The second-order valence-corrected chi connectivity index (χ2v) is 3.09. The molecule has 0 fully saturated rings. The fraction of sp³-hybridized carbons (Fsp3) is 0.182. The number of ketones is 1. The van der Waals surface area contributed by atoms with Crippen molar-refractivity contribution in [2.45, 2.75) is 6.54 Å². The molecular formula is C11H11N3O2. The van der Waals surface area contributed by atoms with Crippen LogP contribution in [0.1, 0.15) is 5.56 Å². The molecule has 0 heterocycles. The van der Waals surface area contributed by atoms with Crippen LogP contribution in [-0.4, -0.2) is 18.2 Å². The number of nitrogens with one attached hydrogen (secondary N) is 1. The molecule has 1 aromatic carbocycles. The number of amides is 1. The number of benzene rings is 1. The zero-order valence-corrected chi connectivity index (χ0v) is 8.56. The Morgan fingerprint density at radius 1 is 1.31 bits per heavy atom. The Morgan fingerprint density at radius 2 is 1.94 bits per heavy atom. The maximum Gasteiger partial charge on any atom is 0.289 e. The van der Waals surface area contributed by atoms with Gasteiger partial charge in [-0.3, -0.25) is 9.59 Å². The molecule has 0 atom stereocenters. The summed E-state index contributed by atoms with van der Waals surface area (Å²) in [7, 11) is 0. The minimum absolute atomic E-state index is 0.253. The van der Waals surface area contributed by atoms with Crippen LogP contribution in [0.25, 0.3) is 4.85 Å². The van der Waals surface area contributed by atoms with Gasteiger partial charge in [0.05, 0.1) is 13.1 Å². The van der Waals surface area contributed by atoms with Crippen LogP contribution in [0.5, 0.6) is 0 Å². The average molecular weight is 217 g/mol. The van der Waals surface area contributed by atoms with Gasteiger partial charge in [0.25, 0.3) is 5.91 Å². The second kappa shape index (κ2) is 5.63. The van der Waals surface area contributed by atoms with Gasteiger partial charge < -0.3 is 11.1 Å². The zero-order chi connectivity index (χ0) is 12.0. The molecule has 0 saturated carbocycles. The Morgan fingerprint density at radius 3 is 2.44 bits per heavy atom. The third-order valence-electron chi connectivity index (χ3n) is 1.96. The van der Waals surface area contributed by atoms with Gasteiger partial charge in [-0.2, -0.15) is 0 Å². The molecule has 0 aliphatic rings. The lowest BCUT2D eigenvalue weighted by Crippen LogP contribution is -2.34. The summed E-state index contributed by atoms with van der Waals surface area (Å²) in [5.41, 5.74) is 6.40. The summed E-state index contributed by atoms with van der Waals surface area (Å²) in [4.78, 5) is 25.2. The lowest BCUT2D eigenvalue weighted by Gasteiger charge is -2.03. The highest BCUT2D eigenvalue weighted by atomic mass is 16.2. The molecular weight excluding hydrogens is 206 g/mol. The quantitative estimate of drug-likeness (QED) is 0.565. The van der Waals surface area contributed by atoms with Crippen molar-refractivity contribution >= 4 is 17.4 Å². The van der Waals surface area contributed by atoms with Crippen molar-refractivity contribution in [3.8, 4) is 0 Å². The molecule has 1 aromatic rings. The van der Waals surface area contributed by atoms with E-state index < -0.39 is 11.7 Å². The summed E-state index contributed by atoms with van der Waals surface area (Å²) in [6, 6.07) is 6.75. The fourth-order valence-electron chi connectivity index (χ4n) is 1.06. The lowest BCUT2D eigenvalue weighted by atomic mass is 10.2. The first kappa shape index (κ1) is 11.9. The standard InChI is InChI=1S/C11H11N3O2/c1-13-9-4-2-8(3-5-9)7-14-11(16)10(15)6-12/h2-5H,6-7,12H2,(H,14,16). The second-order valence-electron chi connectivity index (χ2n) is 3.09. The van der Waals surface area contributed by atoms with Gasteiger partial charge in [-0.25, -0.2) is 4.85 Å². The van der Waals surface area contributed by atoms with Crippen LogP contribution >= 0.6 is 0 Å². The van der Waals surface area contributed by atoms with E-state index in [1.54, 1.807) is 24.3 Å². The highest BCUT2D eigenvalue weighted by molar-refractivity contribution is 6.36. The van der Waals surface area contributed by atoms with Crippen LogP contribution in [0, 0.1) is 6.57 Å². The minimum Gasteiger partial charge on any atom is -0.345 e. The topological polar surface area (TPSA) is 76.5 Å². The van der Waals surface area contributed by atoms with Gasteiger partial charge in [-0.1, -0.05) is 24.3 Å². The van der Waals surface area contributed by atoms with Gasteiger partial charge in [0.15, 0.2) is 5.69 Å². The Hall–Kier alpha value is -2.19. The number of nitrogens with two attached hydrogens (primary N) is 1. The van der Waals surface area contributed by atoms with Crippen LogP contribution in [-0.2, 0) is 16.1 Å². The number of hydrogen-bond donors (Lipinski definition) is 2. The largest absolute Gasteiger partial charge is 0.345 e. The maximum atomic E-state index is 11.1. The molecule has 5 nitrogen and oxygen atoms in total. The van der Waals surface area contributed by atoms with Gasteiger partial charge in [-0.15, -0.1) is 0 Å². The van der Waals surface area contributed by atoms with E-state index in [1.165, 1.54) is 0 Å². The number of rotatable bonds is 4. The minimum atomic E-state index is -0.684. The van der Waals surface area contributed by atoms with Crippen molar-refractivity contribution in [1.29, 1.82) is 0 Å². The average Bonchev–Trinajstić information content (AvgIpc) is 2.35. The predicted molar refractivity (Wildman–Crippen MR) is 58.6 cm³/mol. The Kier molecular flexibility index (Phi) is 4.18. The zero-order valence-electron chi connectivity index (χ0n) is 8.56. The third kappa shape index (κ3) is 3.19. The van der Waals surface area contributed by atoms with E-state index in [1.807, 2.05) is 0 Å².